The van der Waals surface area contributed by atoms with E-state index in [9.17, 15) is 13.6 Å². The maximum Gasteiger partial charge on any atom is 0.254 e. The Labute approximate surface area is 128 Å². The number of hydrogen-bond acceptors (Lipinski definition) is 1. The van der Waals surface area contributed by atoms with Gasteiger partial charge in [0.2, 0.25) is 0 Å². The number of aryl methyl sites for hydroxylation is 1. The van der Waals surface area contributed by atoms with Crippen LogP contribution in [-0.2, 0) is 6.42 Å². The molecular weight excluding hydrogens is 284 g/mol. The van der Waals surface area contributed by atoms with Crippen LogP contribution in [0.2, 0.25) is 0 Å². The number of rotatable bonds is 2. The van der Waals surface area contributed by atoms with Gasteiger partial charge in [-0.1, -0.05) is 24.3 Å². The number of amides is 1. The highest BCUT2D eigenvalue weighted by molar-refractivity contribution is 5.94. The number of benzene rings is 2. The van der Waals surface area contributed by atoms with Crippen molar-refractivity contribution >= 4 is 5.91 Å². The first-order valence-electron chi connectivity index (χ1n) is 7.38. The molecule has 0 heterocycles. The van der Waals surface area contributed by atoms with Gasteiger partial charge in [0, 0.05) is 12.6 Å². The molecule has 0 N–H and O–H groups in total. The van der Waals surface area contributed by atoms with Crippen LogP contribution in [0.15, 0.2) is 42.5 Å². The second kappa shape index (κ2) is 5.87. The smallest absolute Gasteiger partial charge is 0.254 e. The van der Waals surface area contributed by atoms with Gasteiger partial charge < -0.3 is 4.90 Å². The predicted octanol–water partition coefficient (Wildman–Crippen LogP) is 4.11. The van der Waals surface area contributed by atoms with Crippen LogP contribution in [-0.4, -0.2) is 17.9 Å². The molecule has 2 nitrogen and oxygen atoms in total. The Hall–Kier alpha value is -2.23. The van der Waals surface area contributed by atoms with Gasteiger partial charge in [0.1, 0.15) is 0 Å². The van der Waals surface area contributed by atoms with Gasteiger partial charge in [-0.15, -0.1) is 0 Å². The lowest BCUT2D eigenvalue weighted by atomic mass is 9.87. The Balaban J connectivity index is 1.89. The summed E-state index contributed by atoms with van der Waals surface area (Å²) in [6.07, 6.45) is 2.90. The average Bonchev–Trinajstić information content (AvgIpc) is 2.55. The second-order valence-electron chi connectivity index (χ2n) is 5.65. The van der Waals surface area contributed by atoms with E-state index in [0.717, 1.165) is 37.0 Å². The normalized spacial score (nSPS) is 17.0. The fourth-order valence-corrected chi connectivity index (χ4v) is 3.10. The van der Waals surface area contributed by atoms with E-state index in [-0.39, 0.29) is 17.5 Å². The van der Waals surface area contributed by atoms with Gasteiger partial charge in [0.05, 0.1) is 6.04 Å². The third kappa shape index (κ3) is 2.61. The standard InChI is InChI=1S/C18H17F2NO/c1-21(18(22)13-9-10-15(19)16(20)11-13)17-8-4-6-12-5-2-3-7-14(12)17/h2-3,5,7,9-11,17H,4,6,8H2,1H3. The Kier molecular flexibility index (Phi) is 3.92. The van der Waals surface area contributed by atoms with E-state index < -0.39 is 11.6 Å². The van der Waals surface area contributed by atoms with Crippen molar-refractivity contribution in [2.75, 3.05) is 7.05 Å². The van der Waals surface area contributed by atoms with Crippen molar-refractivity contribution in [3.8, 4) is 0 Å². The van der Waals surface area contributed by atoms with Gasteiger partial charge in [-0.3, -0.25) is 4.79 Å². The van der Waals surface area contributed by atoms with Gasteiger partial charge in [0.15, 0.2) is 11.6 Å². The van der Waals surface area contributed by atoms with Crippen LogP contribution < -0.4 is 0 Å². The molecule has 0 radical (unpaired) electrons. The summed E-state index contributed by atoms with van der Waals surface area (Å²) in [6, 6.07) is 11.3. The first-order valence-corrected chi connectivity index (χ1v) is 7.38. The van der Waals surface area contributed by atoms with E-state index in [1.54, 1.807) is 11.9 Å². The van der Waals surface area contributed by atoms with Crippen molar-refractivity contribution in [3.63, 3.8) is 0 Å². The number of halogens is 2. The molecule has 114 valence electrons. The van der Waals surface area contributed by atoms with Crippen molar-refractivity contribution in [3.05, 3.63) is 70.8 Å². The van der Waals surface area contributed by atoms with Crippen LogP contribution in [0.5, 0.6) is 0 Å². The van der Waals surface area contributed by atoms with Crippen LogP contribution in [0.1, 0.15) is 40.4 Å². The third-order valence-electron chi connectivity index (χ3n) is 4.29. The minimum Gasteiger partial charge on any atom is -0.335 e. The highest BCUT2D eigenvalue weighted by Crippen LogP contribution is 2.34. The summed E-state index contributed by atoms with van der Waals surface area (Å²) in [4.78, 5) is 14.2. The van der Waals surface area contributed by atoms with Crippen molar-refractivity contribution in [1.82, 2.24) is 4.90 Å². The maximum absolute atomic E-state index is 13.3. The molecule has 0 aromatic heterocycles. The topological polar surface area (TPSA) is 20.3 Å². The van der Waals surface area contributed by atoms with Crippen molar-refractivity contribution in [1.29, 1.82) is 0 Å². The largest absolute Gasteiger partial charge is 0.335 e. The summed E-state index contributed by atoms with van der Waals surface area (Å²) >= 11 is 0. The van der Waals surface area contributed by atoms with Gasteiger partial charge in [-0.25, -0.2) is 8.78 Å². The lowest BCUT2D eigenvalue weighted by Gasteiger charge is -2.33. The molecule has 0 saturated heterocycles. The quantitative estimate of drug-likeness (QED) is 0.817. The molecule has 1 unspecified atom stereocenters. The zero-order valence-corrected chi connectivity index (χ0v) is 12.4. The summed E-state index contributed by atoms with van der Waals surface area (Å²) in [6.45, 7) is 0. The molecular formula is C18H17F2NO. The molecule has 0 bridgehead atoms. The highest BCUT2D eigenvalue weighted by atomic mass is 19.2. The fourth-order valence-electron chi connectivity index (χ4n) is 3.10. The summed E-state index contributed by atoms with van der Waals surface area (Å²) in [5.74, 6) is -2.23. The molecule has 1 aliphatic rings. The monoisotopic (exact) mass is 301 g/mol. The average molecular weight is 301 g/mol. The molecule has 0 spiro atoms. The minimum absolute atomic E-state index is 0.0226. The van der Waals surface area contributed by atoms with Crippen molar-refractivity contribution < 1.29 is 13.6 Å². The van der Waals surface area contributed by atoms with E-state index in [2.05, 4.69) is 6.07 Å². The second-order valence-corrected chi connectivity index (χ2v) is 5.65. The van der Waals surface area contributed by atoms with Crippen LogP contribution in [0.4, 0.5) is 8.78 Å². The lowest BCUT2D eigenvalue weighted by molar-refractivity contribution is 0.0714. The Morgan fingerprint density at radius 3 is 2.68 bits per heavy atom. The van der Waals surface area contributed by atoms with E-state index in [1.807, 2.05) is 18.2 Å². The van der Waals surface area contributed by atoms with Crippen LogP contribution >= 0.6 is 0 Å². The van der Waals surface area contributed by atoms with E-state index in [0.29, 0.717) is 0 Å². The first-order chi connectivity index (χ1) is 10.6. The molecule has 1 amide bonds. The molecule has 3 rings (SSSR count). The zero-order valence-electron chi connectivity index (χ0n) is 12.4. The zero-order chi connectivity index (χ0) is 15.7. The number of carbonyl (C=O) groups is 1. The van der Waals surface area contributed by atoms with Gasteiger partial charge >= 0.3 is 0 Å². The fraction of sp³-hybridized carbons (Fsp3) is 0.278. The molecule has 22 heavy (non-hydrogen) atoms. The van der Waals surface area contributed by atoms with Crippen molar-refractivity contribution in [2.24, 2.45) is 0 Å². The number of fused-ring (bicyclic) bond motifs is 1. The molecule has 2 aromatic carbocycles. The summed E-state index contributed by atoms with van der Waals surface area (Å²) in [5, 5.41) is 0. The molecule has 0 fully saturated rings. The van der Waals surface area contributed by atoms with Gasteiger partial charge in [-0.05, 0) is 48.6 Å². The van der Waals surface area contributed by atoms with Crippen LogP contribution in [0, 0.1) is 11.6 Å². The summed E-state index contributed by atoms with van der Waals surface area (Å²) < 4.78 is 26.4. The molecule has 1 aliphatic carbocycles. The molecule has 0 aliphatic heterocycles. The number of carbonyl (C=O) groups excluding carboxylic acids is 1. The lowest BCUT2D eigenvalue weighted by Crippen LogP contribution is -2.33. The van der Waals surface area contributed by atoms with E-state index >= 15 is 0 Å². The van der Waals surface area contributed by atoms with Gasteiger partial charge in [0.25, 0.3) is 5.91 Å². The Morgan fingerprint density at radius 1 is 1.14 bits per heavy atom. The predicted molar refractivity (Wildman–Crippen MR) is 80.6 cm³/mol. The van der Waals surface area contributed by atoms with E-state index in [4.69, 9.17) is 0 Å². The SMILES string of the molecule is CN(C(=O)c1ccc(F)c(F)c1)C1CCCc2ccccc21. The minimum atomic E-state index is -0.997. The van der Waals surface area contributed by atoms with Crippen molar-refractivity contribution in [2.45, 2.75) is 25.3 Å². The van der Waals surface area contributed by atoms with Crippen LogP contribution in [0.3, 0.4) is 0 Å². The van der Waals surface area contributed by atoms with E-state index in [1.165, 1.54) is 11.6 Å². The summed E-state index contributed by atoms with van der Waals surface area (Å²) in [5.41, 5.74) is 2.57. The number of nitrogens with zero attached hydrogens (tertiary/aromatic N) is 1. The maximum atomic E-state index is 13.3. The van der Waals surface area contributed by atoms with Crippen LogP contribution in [0.25, 0.3) is 0 Å². The molecule has 1 atom stereocenters. The summed E-state index contributed by atoms with van der Waals surface area (Å²) in [7, 11) is 1.72. The Morgan fingerprint density at radius 2 is 1.91 bits per heavy atom. The highest BCUT2D eigenvalue weighted by Gasteiger charge is 2.27. The molecule has 2 aromatic rings. The first kappa shape index (κ1) is 14.7. The number of hydrogen-bond donors (Lipinski definition) is 0. The Bertz CT molecular complexity index is 714. The van der Waals surface area contributed by atoms with Gasteiger partial charge in [-0.2, -0.15) is 0 Å². The molecule has 4 heteroatoms. The third-order valence-corrected chi connectivity index (χ3v) is 4.29. The molecule has 0 saturated carbocycles.